The number of hydrogen-bond donors (Lipinski definition) is 3. The number of carboxylic acids is 1. The molecule has 0 unspecified atom stereocenters. The highest BCUT2D eigenvalue weighted by Crippen LogP contribution is 2.17. The van der Waals surface area contributed by atoms with E-state index in [1.807, 2.05) is 0 Å². The Morgan fingerprint density at radius 1 is 1.29 bits per heavy atom. The van der Waals surface area contributed by atoms with Crippen LogP contribution < -0.4 is 4.74 Å². The Bertz CT molecular complexity index is 521. The Labute approximate surface area is 95.7 Å². The number of hydrogen-bond acceptors (Lipinski definition) is 5. The Kier molecular flexibility index (Phi) is 2.91. The third-order valence-corrected chi connectivity index (χ3v) is 2.03. The standard InChI is InChI=1S/C10H9N3O4/c14-6-1-3-7(4-2-6)17-5-8-9(10(15)16)12-13-11-8/h1-4,14H,5H2,(H,15,16)(H,11,12,13). The van der Waals surface area contributed by atoms with E-state index in [9.17, 15) is 4.79 Å². The summed E-state index contributed by atoms with van der Waals surface area (Å²) >= 11 is 0. The van der Waals surface area contributed by atoms with Crippen molar-refractivity contribution < 1.29 is 19.7 Å². The van der Waals surface area contributed by atoms with Crippen LogP contribution in [-0.4, -0.2) is 31.6 Å². The van der Waals surface area contributed by atoms with Crippen molar-refractivity contribution in [2.24, 2.45) is 0 Å². The highest BCUT2D eigenvalue weighted by atomic mass is 16.5. The van der Waals surface area contributed by atoms with Crippen LogP contribution in [-0.2, 0) is 6.61 Å². The number of nitrogens with one attached hydrogen (secondary N) is 1. The Balaban J connectivity index is 2.05. The van der Waals surface area contributed by atoms with E-state index in [1.54, 1.807) is 12.1 Å². The quantitative estimate of drug-likeness (QED) is 0.722. The fraction of sp³-hybridized carbons (Fsp3) is 0.100. The Hall–Kier alpha value is -2.57. The van der Waals surface area contributed by atoms with Gasteiger partial charge in [-0.15, -0.1) is 5.10 Å². The molecule has 88 valence electrons. The molecule has 1 heterocycles. The van der Waals surface area contributed by atoms with Crippen LogP contribution in [0.25, 0.3) is 0 Å². The minimum absolute atomic E-state index is 0.0110. The van der Waals surface area contributed by atoms with E-state index >= 15 is 0 Å². The number of H-pyrrole nitrogens is 1. The van der Waals surface area contributed by atoms with E-state index in [4.69, 9.17) is 14.9 Å². The molecule has 3 N–H and O–H groups in total. The molecule has 2 rings (SSSR count). The van der Waals surface area contributed by atoms with Crippen LogP contribution in [0.1, 0.15) is 16.2 Å². The molecular weight excluding hydrogens is 226 g/mol. The van der Waals surface area contributed by atoms with Crippen molar-refractivity contribution in [1.82, 2.24) is 15.4 Å². The Morgan fingerprint density at radius 2 is 2.00 bits per heavy atom. The zero-order valence-electron chi connectivity index (χ0n) is 8.62. The number of phenols is 1. The van der Waals surface area contributed by atoms with E-state index in [2.05, 4.69) is 15.4 Å². The summed E-state index contributed by atoms with van der Waals surface area (Å²) < 4.78 is 5.30. The van der Waals surface area contributed by atoms with Crippen LogP contribution in [0.5, 0.6) is 11.5 Å². The normalized spacial score (nSPS) is 10.1. The SMILES string of the molecule is O=C(O)c1n[nH]nc1COc1ccc(O)cc1. The topological polar surface area (TPSA) is 108 Å². The number of rotatable bonds is 4. The molecule has 7 heteroatoms. The van der Waals surface area contributed by atoms with Gasteiger partial charge in [-0.2, -0.15) is 10.3 Å². The number of benzene rings is 1. The van der Waals surface area contributed by atoms with Gasteiger partial charge in [0.25, 0.3) is 0 Å². The first kappa shape index (κ1) is 10.9. The van der Waals surface area contributed by atoms with Crippen molar-refractivity contribution in [2.75, 3.05) is 0 Å². The van der Waals surface area contributed by atoms with Gasteiger partial charge in [0.1, 0.15) is 23.8 Å². The number of aromatic hydroxyl groups is 1. The van der Waals surface area contributed by atoms with Crippen LogP contribution >= 0.6 is 0 Å². The second-order valence-corrected chi connectivity index (χ2v) is 3.21. The first-order valence-electron chi connectivity index (χ1n) is 4.71. The number of aromatic carboxylic acids is 1. The van der Waals surface area contributed by atoms with Gasteiger partial charge in [0.2, 0.25) is 0 Å². The third kappa shape index (κ3) is 2.51. The minimum atomic E-state index is -1.16. The molecule has 1 aromatic heterocycles. The molecule has 0 aliphatic rings. The van der Waals surface area contributed by atoms with Crippen molar-refractivity contribution >= 4 is 5.97 Å². The van der Waals surface area contributed by atoms with Gasteiger partial charge in [0.05, 0.1) is 0 Å². The van der Waals surface area contributed by atoms with E-state index in [0.717, 1.165) is 0 Å². The van der Waals surface area contributed by atoms with E-state index in [-0.39, 0.29) is 23.7 Å². The highest BCUT2D eigenvalue weighted by Gasteiger charge is 2.15. The first-order valence-corrected chi connectivity index (χ1v) is 4.71. The van der Waals surface area contributed by atoms with Gasteiger partial charge >= 0.3 is 5.97 Å². The lowest BCUT2D eigenvalue weighted by Gasteiger charge is -2.03. The molecule has 0 spiro atoms. The summed E-state index contributed by atoms with van der Waals surface area (Å²) in [6.45, 7) is -0.0110. The number of carboxylic acid groups (broad SMARTS) is 1. The van der Waals surface area contributed by atoms with Gasteiger partial charge in [-0.05, 0) is 24.3 Å². The van der Waals surface area contributed by atoms with Crippen molar-refractivity contribution in [2.45, 2.75) is 6.61 Å². The van der Waals surface area contributed by atoms with Gasteiger partial charge < -0.3 is 14.9 Å². The Morgan fingerprint density at radius 3 is 2.65 bits per heavy atom. The maximum atomic E-state index is 10.7. The third-order valence-electron chi connectivity index (χ3n) is 2.03. The van der Waals surface area contributed by atoms with Crippen molar-refractivity contribution in [3.8, 4) is 11.5 Å². The number of aromatic amines is 1. The molecule has 0 saturated carbocycles. The lowest BCUT2D eigenvalue weighted by atomic mass is 10.3. The van der Waals surface area contributed by atoms with Crippen LogP contribution in [0.2, 0.25) is 0 Å². The van der Waals surface area contributed by atoms with Crippen LogP contribution in [0.4, 0.5) is 0 Å². The lowest BCUT2D eigenvalue weighted by Crippen LogP contribution is -2.05. The number of nitrogens with zero attached hydrogens (tertiary/aromatic N) is 2. The second-order valence-electron chi connectivity index (χ2n) is 3.21. The molecule has 0 saturated heterocycles. The lowest BCUT2D eigenvalue weighted by molar-refractivity contribution is 0.0687. The summed E-state index contributed by atoms with van der Waals surface area (Å²) in [5.74, 6) is -0.532. The smallest absolute Gasteiger partial charge is 0.358 e. The second kappa shape index (κ2) is 4.52. The average Bonchev–Trinajstić information content (AvgIpc) is 2.76. The summed E-state index contributed by atoms with van der Waals surface area (Å²) in [5.41, 5.74) is 0.0503. The monoisotopic (exact) mass is 235 g/mol. The van der Waals surface area contributed by atoms with E-state index in [1.165, 1.54) is 12.1 Å². The van der Waals surface area contributed by atoms with Crippen molar-refractivity contribution in [3.05, 3.63) is 35.7 Å². The summed E-state index contributed by atoms with van der Waals surface area (Å²) in [6.07, 6.45) is 0. The van der Waals surface area contributed by atoms with E-state index < -0.39 is 5.97 Å². The molecule has 0 fully saturated rings. The zero-order valence-corrected chi connectivity index (χ0v) is 8.62. The highest BCUT2D eigenvalue weighted by molar-refractivity contribution is 5.86. The summed E-state index contributed by atoms with van der Waals surface area (Å²) in [5, 5.41) is 27.2. The first-order chi connectivity index (χ1) is 8.16. The predicted octanol–water partition coefficient (Wildman–Crippen LogP) is 0.787. The van der Waals surface area contributed by atoms with Crippen molar-refractivity contribution in [1.29, 1.82) is 0 Å². The molecule has 0 radical (unpaired) electrons. The molecule has 7 nitrogen and oxygen atoms in total. The number of ether oxygens (including phenoxy) is 1. The molecule has 2 aromatic rings. The fourth-order valence-electron chi connectivity index (χ4n) is 1.22. The maximum Gasteiger partial charge on any atom is 0.358 e. The number of carbonyl (C=O) groups is 1. The van der Waals surface area contributed by atoms with Gasteiger partial charge in [-0.3, -0.25) is 0 Å². The summed E-state index contributed by atoms with van der Waals surface area (Å²) in [7, 11) is 0. The largest absolute Gasteiger partial charge is 0.508 e. The predicted molar refractivity (Wildman–Crippen MR) is 55.8 cm³/mol. The molecule has 0 atom stereocenters. The van der Waals surface area contributed by atoms with Crippen molar-refractivity contribution in [3.63, 3.8) is 0 Å². The molecule has 17 heavy (non-hydrogen) atoms. The molecular formula is C10H9N3O4. The fourth-order valence-corrected chi connectivity index (χ4v) is 1.22. The maximum absolute atomic E-state index is 10.7. The minimum Gasteiger partial charge on any atom is -0.508 e. The van der Waals surface area contributed by atoms with Crippen LogP contribution in [0.3, 0.4) is 0 Å². The summed E-state index contributed by atoms with van der Waals surface area (Å²) in [6, 6.07) is 6.07. The van der Waals surface area contributed by atoms with Gasteiger partial charge in [-0.1, -0.05) is 0 Å². The van der Waals surface area contributed by atoms with E-state index in [0.29, 0.717) is 5.75 Å². The average molecular weight is 235 g/mol. The number of aromatic nitrogens is 3. The van der Waals surface area contributed by atoms with Crippen LogP contribution in [0, 0.1) is 0 Å². The molecule has 0 aliphatic carbocycles. The van der Waals surface area contributed by atoms with Gasteiger partial charge in [0, 0.05) is 0 Å². The molecule has 0 amide bonds. The summed E-state index contributed by atoms with van der Waals surface area (Å²) in [4.78, 5) is 10.7. The van der Waals surface area contributed by atoms with Crippen LogP contribution in [0.15, 0.2) is 24.3 Å². The van der Waals surface area contributed by atoms with Gasteiger partial charge in [-0.25, -0.2) is 4.79 Å². The molecule has 0 aliphatic heterocycles. The van der Waals surface area contributed by atoms with Gasteiger partial charge in [0.15, 0.2) is 5.69 Å². The molecule has 1 aromatic carbocycles. The zero-order chi connectivity index (χ0) is 12.3. The number of phenolic OH excluding ortho intramolecular Hbond substituents is 1. The molecule has 0 bridgehead atoms.